The van der Waals surface area contributed by atoms with Crippen LogP contribution in [0.3, 0.4) is 0 Å². The van der Waals surface area contributed by atoms with Gasteiger partial charge in [0.25, 0.3) is 0 Å². The maximum absolute atomic E-state index is 10.3. The highest BCUT2D eigenvalue weighted by Gasteiger charge is 2.23. The Morgan fingerprint density at radius 2 is 2.30 bits per heavy atom. The molecule has 106 valence electrons. The summed E-state index contributed by atoms with van der Waals surface area (Å²) in [5.74, 6) is 0. The first kappa shape index (κ1) is 13.7. The van der Waals surface area contributed by atoms with Gasteiger partial charge in [0.1, 0.15) is 0 Å². The lowest BCUT2D eigenvalue weighted by atomic mass is 9.93. The van der Waals surface area contributed by atoms with E-state index in [1.807, 2.05) is 18.4 Å². The van der Waals surface area contributed by atoms with Crippen molar-refractivity contribution in [2.75, 3.05) is 6.61 Å². The zero-order valence-corrected chi connectivity index (χ0v) is 12.4. The van der Waals surface area contributed by atoms with Gasteiger partial charge in [-0.25, -0.2) is 4.98 Å². The van der Waals surface area contributed by atoms with Gasteiger partial charge in [0.15, 0.2) is 0 Å². The van der Waals surface area contributed by atoms with Crippen molar-refractivity contribution in [3.05, 3.63) is 51.5 Å². The molecule has 2 unspecified atom stereocenters. The van der Waals surface area contributed by atoms with E-state index >= 15 is 0 Å². The topological polar surface area (TPSA) is 42.4 Å². The number of thiazole rings is 1. The zero-order chi connectivity index (χ0) is 13.9. The van der Waals surface area contributed by atoms with Gasteiger partial charge in [-0.3, -0.25) is 0 Å². The molecule has 3 nitrogen and oxygen atoms in total. The molecule has 2 aromatic rings. The summed E-state index contributed by atoms with van der Waals surface area (Å²) in [5, 5.41) is 13.3. The predicted octanol–water partition coefficient (Wildman–Crippen LogP) is 3.06. The second-order valence-corrected chi connectivity index (χ2v) is 6.32. The minimum absolute atomic E-state index is 0.00897. The third-order valence-electron chi connectivity index (χ3n) is 3.69. The fourth-order valence-corrected chi connectivity index (χ4v) is 3.37. The summed E-state index contributed by atoms with van der Waals surface area (Å²) in [6.07, 6.45) is 1.80. The first-order chi connectivity index (χ1) is 9.72. The Morgan fingerprint density at radius 3 is 3.10 bits per heavy atom. The maximum atomic E-state index is 10.3. The standard InChI is InChI=1S/C16H19NO2S/c1-11-17-13(10-20-11)8-14(18)9-16-15-5-3-2-4-12(15)6-7-19-16/h2-5,10,14,16,18H,6-9H2,1H3. The van der Waals surface area contributed by atoms with Crippen LogP contribution in [0.4, 0.5) is 0 Å². The number of fused-ring (bicyclic) bond motifs is 1. The first-order valence-electron chi connectivity index (χ1n) is 7.01. The van der Waals surface area contributed by atoms with E-state index in [1.165, 1.54) is 11.1 Å². The lowest BCUT2D eigenvalue weighted by Crippen LogP contribution is -2.22. The summed E-state index contributed by atoms with van der Waals surface area (Å²) < 4.78 is 5.84. The van der Waals surface area contributed by atoms with Crippen LogP contribution in [0, 0.1) is 6.92 Å². The van der Waals surface area contributed by atoms with Crippen molar-refractivity contribution in [2.24, 2.45) is 0 Å². The van der Waals surface area contributed by atoms with Crippen molar-refractivity contribution in [2.45, 2.75) is 38.4 Å². The second-order valence-electron chi connectivity index (χ2n) is 5.26. The van der Waals surface area contributed by atoms with Crippen LogP contribution in [-0.4, -0.2) is 22.8 Å². The Morgan fingerprint density at radius 1 is 1.45 bits per heavy atom. The van der Waals surface area contributed by atoms with Crippen LogP contribution in [-0.2, 0) is 17.6 Å². The Balaban J connectivity index is 1.66. The molecule has 1 N–H and O–H groups in total. The number of hydrogen-bond acceptors (Lipinski definition) is 4. The van der Waals surface area contributed by atoms with Crippen LogP contribution >= 0.6 is 11.3 Å². The highest BCUT2D eigenvalue weighted by molar-refractivity contribution is 7.09. The highest BCUT2D eigenvalue weighted by Crippen LogP contribution is 2.31. The van der Waals surface area contributed by atoms with Crippen molar-refractivity contribution in [3.8, 4) is 0 Å². The predicted molar refractivity (Wildman–Crippen MR) is 80.0 cm³/mol. The number of hydrogen-bond donors (Lipinski definition) is 1. The molecule has 0 fully saturated rings. The molecule has 1 aromatic heterocycles. The summed E-state index contributed by atoms with van der Waals surface area (Å²) in [5.41, 5.74) is 3.55. The number of ether oxygens (including phenoxy) is 1. The van der Waals surface area contributed by atoms with Gasteiger partial charge in [0.05, 0.1) is 29.5 Å². The number of aliphatic hydroxyl groups excluding tert-OH is 1. The Kier molecular flexibility index (Phi) is 4.15. The Hall–Kier alpha value is -1.23. The number of aryl methyl sites for hydroxylation is 1. The summed E-state index contributed by atoms with van der Waals surface area (Å²) >= 11 is 1.63. The van der Waals surface area contributed by atoms with Crippen LogP contribution in [0.25, 0.3) is 0 Å². The summed E-state index contributed by atoms with van der Waals surface area (Å²) in [4.78, 5) is 4.41. The molecule has 20 heavy (non-hydrogen) atoms. The van der Waals surface area contributed by atoms with Crippen LogP contribution in [0.15, 0.2) is 29.6 Å². The summed E-state index contributed by atoms with van der Waals surface area (Å²) in [7, 11) is 0. The largest absolute Gasteiger partial charge is 0.393 e. The molecule has 1 aromatic carbocycles. The third kappa shape index (κ3) is 3.08. The Labute approximate surface area is 123 Å². The zero-order valence-electron chi connectivity index (χ0n) is 11.6. The van der Waals surface area contributed by atoms with Crippen molar-refractivity contribution in [3.63, 3.8) is 0 Å². The van der Waals surface area contributed by atoms with Crippen molar-refractivity contribution < 1.29 is 9.84 Å². The molecule has 0 bridgehead atoms. The second kappa shape index (κ2) is 6.04. The molecule has 0 saturated heterocycles. The molecule has 1 aliphatic rings. The van der Waals surface area contributed by atoms with Crippen molar-refractivity contribution in [1.82, 2.24) is 4.98 Å². The average molecular weight is 289 g/mol. The quantitative estimate of drug-likeness (QED) is 0.940. The molecule has 0 saturated carbocycles. The summed E-state index contributed by atoms with van der Waals surface area (Å²) in [6.45, 7) is 2.73. The fourth-order valence-electron chi connectivity index (χ4n) is 2.75. The van der Waals surface area contributed by atoms with Crippen molar-refractivity contribution >= 4 is 11.3 Å². The molecular formula is C16H19NO2S. The van der Waals surface area contributed by atoms with E-state index in [-0.39, 0.29) is 6.10 Å². The smallest absolute Gasteiger partial charge is 0.0897 e. The molecule has 1 aliphatic heterocycles. The van der Waals surface area contributed by atoms with Gasteiger partial charge in [-0.2, -0.15) is 0 Å². The van der Waals surface area contributed by atoms with Gasteiger partial charge in [-0.05, 0) is 24.5 Å². The van der Waals surface area contributed by atoms with E-state index in [4.69, 9.17) is 4.74 Å². The van der Waals surface area contributed by atoms with E-state index in [0.29, 0.717) is 12.8 Å². The van der Waals surface area contributed by atoms with Crippen LogP contribution in [0.5, 0.6) is 0 Å². The third-order valence-corrected chi connectivity index (χ3v) is 4.51. The summed E-state index contributed by atoms with van der Waals surface area (Å²) in [6, 6.07) is 8.37. The van der Waals surface area contributed by atoms with Crippen LogP contribution in [0.2, 0.25) is 0 Å². The monoisotopic (exact) mass is 289 g/mol. The fraction of sp³-hybridized carbons (Fsp3) is 0.438. The lowest BCUT2D eigenvalue weighted by molar-refractivity contribution is 0.00440. The lowest BCUT2D eigenvalue weighted by Gasteiger charge is -2.27. The van der Waals surface area contributed by atoms with Crippen molar-refractivity contribution in [1.29, 1.82) is 0 Å². The normalized spacial score (nSPS) is 19.6. The van der Waals surface area contributed by atoms with E-state index in [0.717, 1.165) is 23.7 Å². The molecule has 0 amide bonds. The van der Waals surface area contributed by atoms with E-state index in [2.05, 4.69) is 23.2 Å². The molecule has 0 radical (unpaired) electrons. The molecule has 3 rings (SSSR count). The van der Waals surface area contributed by atoms with Gasteiger partial charge in [0, 0.05) is 18.2 Å². The van der Waals surface area contributed by atoms with Crippen LogP contribution in [0.1, 0.15) is 34.4 Å². The minimum Gasteiger partial charge on any atom is -0.393 e. The van der Waals surface area contributed by atoms with Gasteiger partial charge < -0.3 is 9.84 Å². The van der Waals surface area contributed by atoms with Gasteiger partial charge >= 0.3 is 0 Å². The van der Waals surface area contributed by atoms with Gasteiger partial charge in [0.2, 0.25) is 0 Å². The van der Waals surface area contributed by atoms with Crippen LogP contribution < -0.4 is 0 Å². The molecule has 2 atom stereocenters. The number of aliphatic hydroxyl groups is 1. The van der Waals surface area contributed by atoms with Gasteiger partial charge in [-0.1, -0.05) is 24.3 Å². The first-order valence-corrected chi connectivity index (χ1v) is 7.89. The average Bonchev–Trinajstić information content (AvgIpc) is 2.84. The van der Waals surface area contributed by atoms with E-state index < -0.39 is 6.10 Å². The van der Waals surface area contributed by atoms with Gasteiger partial charge in [-0.15, -0.1) is 11.3 Å². The number of nitrogens with zero attached hydrogens (tertiary/aromatic N) is 1. The maximum Gasteiger partial charge on any atom is 0.0897 e. The molecular weight excluding hydrogens is 270 g/mol. The Bertz CT molecular complexity index is 581. The molecule has 0 aliphatic carbocycles. The molecule has 4 heteroatoms. The van der Waals surface area contributed by atoms with E-state index in [9.17, 15) is 5.11 Å². The minimum atomic E-state index is -0.410. The SMILES string of the molecule is Cc1nc(CC(O)CC2OCCc3ccccc32)cs1. The number of benzene rings is 1. The highest BCUT2D eigenvalue weighted by atomic mass is 32.1. The molecule has 2 heterocycles. The van der Waals surface area contributed by atoms with E-state index in [1.54, 1.807) is 11.3 Å². The molecule has 0 spiro atoms. The number of aromatic nitrogens is 1. The number of rotatable bonds is 4.